The van der Waals surface area contributed by atoms with Gasteiger partial charge in [0, 0.05) is 19.6 Å². The van der Waals surface area contributed by atoms with Gasteiger partial charge in [0.1, 0.15) is 0 Å². The predicted molar refractivity (Wildman–Crippen MR) is 53.2 cm³/mol. The van der Waals surface area contributed by atoms with Gasteiger partial charge in [0.25, 0.3) is 0 Å². The molecule has 0 aromatic rings. The lowest BCUT2D eigenvalue weighted by atomic mass is 9.88. The molecule has 2 rings (SSSR count). The molecule has 1 spiro atoms. The number of ether oxygens (including phenoxy) is 1. The highest BCUT2D eigenvalue weighted by atomic mass is 16.5. The van der Waals surface area contributed by atoms with Gasteiger partial charge in [0.15, 0.2) is 0 Å². The first-order chi connectivity index (χ1) is 6.73. The molecular weight excluding hydrogens is 180 g/mol. The van der Waals surface area contributed by atoms with Crippen LogP contribution >= 0.6 is 0 Å². The Kier molecular flexibility index (Phi) is 2.39. The third-order valence-electron chi connectivity index (χ3n) is 3.36. The molecule has 2 saturated heterocycles. The zero-order valence-electron chi connectivity index (χ0n) is 8.95. The monoisotopic (exact) mass is 198 g/mol. The topological polar surface area (TPSA) is 32.8 Å². The van der Waals surface area contributed by atoms with Crippen LogP contribution in [0.25, 0.3) is 0 Å². The van der Waals surface area contributed by atoms with Crippen molar-refractivity contribution >= 4 is 6.03 Å². The van der Waals surface area contributed by atoms with E-state index in [-0.39, 0.29) is 11.6 Å². The molecule has 4 nitrogen and oxygen atoms in total. The molecule has 0 aromatic carbocycles. The van der Waals surface area contributed by atoms with Gasteiger partial charge < -0.3 is 14.5 Å². The number of nitrogens with zero attached hydrogens (tertiary/aromatic N) is 2. The lowest BCUT2D eigenvalue weighted by molar-refractivity contribution is -0.141. The van der Waals surface area contributed by atoms with Gasteiger partial charge in [0.2, 0.25) is 0 Å². The van der Waals surface area contributed by atoms with E-state index in [1.54, 1.807) is 0 Å². The second-order valence-electron chi connectivity index (χ2n) is 4.07. The van der Waals surface area contributed by atoms with Crippen LogP contribution in [-0.4, -0.2) is 54.2 Å². The second kappa shape index (κ2) is 3.42. The standard InChI is InChI=1S/C10H18N2O2/c1-3-11-6-5-10(7-14-8-10)12(4-2)9(11)13/h3-8H2,1-2H3. The van der Waals surface area contributed by atoms with E-state index >= 15 is 0 Å². The maximum absolute atomic E-state index is 12.0. The molecule has 2 aliphatic rings. The molecule has 0 radical (unpaired) electrons. The Bertz CT molecular complexity index is 238. The lowest BCUT2D eigenvalue weighted by Gasteiger charge is -2.54. The van der Waals surface area contributed by atoms with E-state index in [1.807, 2.05) is 23.6 Å². The number of urea groups is 1. The quantitative estimate of drug-likeness (QED) is 0.661. The Morgan fingerprint density at radius 3 is 2.50 bits per heavy atom. The molecule has 2 heterocycles. The minimum Gasteiger partial charge on any atom is -0.376 e. The molecule has 0 unspecified atom stereocenters. The van der Waals surface area contributed by atoms with Crippen LogP contribution in [0.15, 0.2) is 0 Å². The van der Waals surface area contributed by atoms with Gasteiger partial charge >= 0.3 is 6.03 Å². The van der Waals surface area contributed by atoms with E-state index in [0.29, 0.717) is 0 Å². The fraction of sp³-hybridized carbons (Fsp3) is 0.900. The molecular formula is C10H18N2O2. The van der Waals surface area contributed by atoms with Crippen molar-refractivity contribution in [1.82, 2.24) is 9.80 Å². The average molecular weight is 198 g/mol. The average Bonchev–Trinajstić information content (AvgIpc) is 2.14. The van der Waals surface area contributed by atoms with E-state index in [9.17, 15) is 4.79 Å². The number of carbonyl (C=O) groups excluding carboxylic acids is 1. The summed E-state index contributed by atoms with van der Waals surface area (Å²) in [5.41, 5.74) is 0.0392. The highest BCUT2D eigenvalue weighted by Crippen LogP contribution is 2.33. The van der Waals surface area contributed by atoms with Crippen LogP contribution in [0.1, 0.15) is 20.3 Å². The largest absolute Gasteiger partial charge is 0.376 e. The third kappa shape index (κ3) is 1.21. The highest BCUT2D eigenvalue weighted by molar-refractivity contribution is 5.76. The summed E-state index contributed by atoms with van der Waals surface area (Å²) >= 11 is 0. The molecule has 2 aliphatic heterocycles. The summed E-state index contributed by atoms with van der Waals surface area (Å²) in [6.45, 7) is 8.01. The van der Waals surface area contributed by atoms with Crippen LogP contribution < -0.4 is 0 Å². The highest BCUT2D eigenvalue weighted by Gasteiger charge is 2.49. The smallest absolute Gasteiger partial charge is 0.320 e. The van der Waals surface area contributed by atoms with Crippen LogP contribution in [0.5, 0.6) is 0 Å². The first-order valence-electron chi connectivity index (χ1n) is 5.38. The maximum Gasteiger partial charge on any atom is 0.320 e. The zero-order valence-corrected chi connectivity index (χ0v) is 8.95. The Morgan fingerprint density at radius 1 is 1.36 bits per heavy atom. The third-order valence-corrected chi connectivity index (χ3v) is 3.36. The summed E-state index contributed by atoms with van der Waals surface area (Å²) in [5, 5.41) is 0. The Labute approximate surface area is 84.8 Å². The SMILES string of the molecule is CCN1CCC2(COC2)N(CC)C1=O. The number of likely N-dealkylation sites (N-methyl/N-ethyl adjacent to an activating group) is 1. The number of carbonyl (C=O) groups is 1. The number of hydrogen-bond donors (Lipinski definition) is 0. The van der Waals surface area contributed by atoms with Crippen LogP contribution in [0.2, 0.25) is 0 Å². The molecule has 14 heavy (non-hydrogen) atoms. The van der Waals surface area contributed by atoms with Crippen molar-refractivity contribution in [3.05, 3.63) is 0 Å². The minimum absolute atomic E-state index is 0.0392. The fourth-order valence-corrected chi connectivity index (χ4v) is 2.35. The molecule has 0 aromatic heterocycles. The van der Waals surface area contributed by atoms with Gasteiger partial charge in [0.05, 0.1) is 18.8 Å². The van der Waals surface area contributed by atoms with Crippen molar-refractivity contribution in [3.63, 3.8) is 0 Å². The second-order valence-corrected chi connectivity index (χ2v) is 4.07. The zero-order chi connectivity index (χ0) is 10.2. The Morgan fingerprint density at radius 2 is 2.07 bits per heavy atom. The summed E-state index contributed by atoms with van der Waals surface area (Å²) in [4.78, 5) is 15.9. The van der Waals surface area contributed by atoms with Gasteiger partial charge in [-0.1, -0.05) is 0 Å². The van der Waals surface area contributed by atoms with Gasteiger partial charge in [-0.3, -0.25) is 0 Å². The Balaban J connectivity index is 2.14. The van der Waals surface area contributed by atoms with Gasteiger partial charge in [-0.05, 0) is 20.3 Å². The number of rotatable bonds is 2. The summed E-state index contributed by atoms with van der Waals surface area (Å²) in [7, 11) is 0. The lowest BCUT2D eigenvalue weighted by Crippen LogP contribution is -2.70. The van der Waals surface area contributed by atoms with E-state index in [0.717, 1.165) is 39.3 Å². The van der Waals surface area contributed by atoms with Crippen molar-refractivity contribution in [2.24, 2.45) is 0 Å². The van der Waals surface area contributed by atoms with Gasteiger partial charge in [-0.2, -0.15) is 0 Å². The first kappa shape index (κ1) is 9.77. The summed E-state index contributed by atoms with van der Waals surface area (Å²) in [6, 6.07) is 0.185. The molecule has 80 valence electrons. The Hall–Kier alpha value is -0.770. The van der Waals surface area contributed by atoms with Crippen molar-refractivity contribution in [1.29, 1.82) is 0 Å². The first-order valence-corrected chi connectivity index (χ1v) is 5.38. The van der Waals surface area contributed by atoms with E-state index < -0.39 is 0 Å². The van der Waals surface area contributed by atoms with E-state index in [4.69, 9.17) is 4.74 Å². The summed E-state index contributed by atoms with van der Waals surface area (Å²) in [5.74, 6) is 0. The molecule has 0 bridgehead atoms. The summed E-state index contributed by atoms with van der Waals surface area (Å²) < 4.78 is 5.25. The molecule has 0 atom stereocenters. The molecule has 0 saturated carbocycles. The van der Waals surface area contributed by atoms with Crippen LogP contribution in [0, 0.1) is 0 Å². The fourth-order valence-electron chi connectivity index (χ4n) is 2.35. The van der Waals surface area contributed by atoms with Crippen molar-refractivity contribution in [3.8, 4) is 0 Å². The van der Waals surface area contributed by atoms with Crippen LogP contribution in [0.3, 0.4) is 0 Å². The molecule has 2 fully saturated rings. The van der Waals surface area contributed by atoms with Gasteiger partial charge in [-0.15, -0.1) is 0 Å². The van der Waals surface area contributed by atoms with Crippen molar-refractivity contribution in [2.45, 2.75) is 25.8 Å². The molecule has 0 aliphatic carbocycles. The minimum atomic E-state index is 0.0392. The normalized spacial score (nSPS) is 25.4. The number of amides is 2. The molecule has 4 heteroatoms. The molecule has 0 N–H and O–H groups in total. The molecule has 2 amide bonds. The van der Waals surface area contributed by atoms with Gasteiger partial charge in [-0.25, -0.2) is 4.79 Å². The number of hydrogen-bond acceptors (Lipinski definition) is 2. The maximum atomic E-state index is 12.0. The van der Waals surface area contributed by atoms with E-state index in [2.05, 4.69) is 0 Å². The van der Waals surface area contributed by atoms with E-state index in [1.165, 1.54) is 0 Å². The van der Waals surface area contributed by atoms with Crippen LogP contribution in [0.4, 0.5) is 4.79 Å². The summed E-state index contributed by atoms with van der Waals surface area (Å²) in [6.07, 6.45) is 1.06. The van der Waals surface area contributed by atoms with Crippen LogP contribution in [-0.2, 0) is 4.74 Å². The van der Waals surface area contributed by atoms with Crippen molar-refractivity contribution in [2.75, 3.05) is 32.8 Å². The van der Waals surface area contributed by atoms with Crippen molar-refractivity contribution < 1.29 is 9.53 Å². The predicted octanol–water partition coefficient (Wildman–Crippen LogP) is 0.923.